The maximum atomic E-state index is 11.8. The summed E-state index contributed by atoms with van der Waals surface area (Å²) in [5.74, 6) is -1.34. The molecule has 0 saturated heterocycles. The Bertz CT molecular complexity index is 686. The second kappa shape index (κ2) is 4.98. The molecule has 2 amide bonds. The van der Waals surface area contributed by atoms with E-state index in [1.165, 1.54) is 0 Å². The zero-order valence-corrected chi connectivity index (χ0v) is 11.1. The second-order valence-corrected chi connectivity index (χ2v) is 4.94. The highest BCUT2D eigenvalue weighted by Crippen LogP contribution is 2.32. The van der Waals surface area contributed by atoms with Crippen LogP contribution in [0, 0.1) is 0 Å². The molecule has 0 bridgehead atoms. The van der Waals surface area contributed by atoms with Crippen LogP contribution < -0.4 is 10.6 Å². The van der Waals surface area contributed by atoms with Crippen molar-refractivity contribution in [2.75, 3.05) is 5.32 Å². The van der Waals surface area contributed by atoms with E-state index >= 15 is 0 Å². The van der Waals surface area contributed by atoms with E-state index in [9.17, 15) is 9.59 Å². The van der Waals surface area contributed by atoms with E-state index in [4.69, 9.17) is 11.6 Å². The first-order valence-corrected chi connectivity index (χ1v) is 6.49. The van der Waals surface area contributed by atoms with Gasteiger partial charge in [-0.1, -0.05) is 41.9 Å². The Hall–Kier alpha value is -2.33. The normalized spacial score (nSPS) is 17.8. The Kier molecular flexibility index (Phi) is 3.16. The van der Waals surface area contributed by atoms with Crippen LogP contribution in [-0.4, -0.2) is 11.8 Å². The molecule has 2 N–H and O–H groups in total. The number of amides is 2. The van der Waals surface area contributed by atoms with Crippen LogP contribution >= 0.6 is 11.6 Å². The minimum atomic E-state index is -0.674. The molecule has 5 heteroatoms. The minimum Gasteiger partial charge on any atom is -0.337 e. The third-order valence-corrected chi connectivity index (χ3v) is 3.42. The molecule has 0 fully saturated rings. The SMILES string of the molecule is O=C1Nc2ccc(Cl)cc2[C@@H](c2ccccc2)NC1=O. The van der Waals surface area contributed by atoms with Gasteiger partial charge in [0.2, 0.25) is 0 Å². The molecule has 4 nitrogen and oxygen atoms in total. The van der Waals surface area contributed by atoms with Gasteiger partial charge in [0, 0.05) is 16.3 Å². The van der Waals surface area contributed by atoms with Crippen LogP contribution in [0.1, 0.15) is 17.2 Å². The smallest absolute Gasteiger partial charge is 0.313 e. The third kappa shape index (κ3) is 2.26. The summed E-state index contributed by atoms with van der Waals surface area (Å²) in [6.07, 6.45) is 0. The molecule has 100 valence electrons. The van der Waals surface area contributed by atoms with Crippen molar-refractivity contribution < 1.29 is 9.59 Å². The summed E-state index contributed by atoms with van der Waals surface area (Å²) in [7, 11) is 0. The van der Waals surface area contributed by atoms with Gasteiger partial charge in [-0.2, -0.15) is 0 Å². The van der Waals surface area contributed by atoms with E-state index < -0.39 is 17.9 Å². The number of benzene rings is 2. The molecule has 0 radical (unpaired) electrons. The first-order chi connectivity index (χ1) is 9.65. The minimum absolute atomic E-state index is 0.406. The lowest BCUT2D eigenvalue weighted by atomic mass is 9.97. The summed E-state index contributed by atoms with van der Waals surface area (Å²) in [5, 5.41) is 5.86. The topological polar surface area (TPSA) is 58.2 Å². The average Bonchev–Trinajstić information content (AvgIpc) is 2.58. The molecular formula is C15H11ClN2O2. The van der Waals surface area contributed by atoms with E-state index in [0.717, 1.165) is 11.1 Å². The lowest BCUT2D eigenvalue weighted by Crippen LogP contribution is -2.34. The summed E-state index contributed by atoms with van der Waals surface area (Å²) in [6.45, 7) is 0. The van der Waals surface area contributed by atoms with Gasteiger partial charge in [-0.3, -0.25) is 9.59 Å². The summed E-state index contributed by atoms with van der Waals surface area (Å²) in [5.41, 5.74) is 2.25. The number of carbonyl (C=O) groups is 2. The molecule has 20 heavy (non-hydrogen) atoms. The van der Waals surface area contributed by atoms with Gasteiger partial charge < -0.3 is 10.6 Å². The first-order valence-electron chi connectivity index (χ1n) is 6.11. The largest absolute Gasteiger partial charge is 0.337 e. The van der Waals surface area contributed by atoms with Gasteiger partial charge in [-0.15, -0.1) is 0 Å². The van der Waals surface area contributed by atoms with Crippen molar-refractivity contribution in [3.8, 4) is 0 Å². The standard InChI is InChI=1S/C15H11ClN2O2/c16-10-6-7-12-11(8-10)13(9-4-2-1-3-5-9)18-15(20)14(19)17-12/h1-8,13H,(H,17,19)(H,18,20)/t13-/m1/s1. The van der Waals surface area contributed by atoms with Crippen molar-refractivity contribution in [1.82, 2.24) is 5.32 Å². The Morgan fingerprint density at radius 3 is 2.45 bits per heavy atom. The predicted octanol–water partition coefficient (Wildman–Crippen LogP) is 2.50. The highest BCUT2D eigenvalue weighted by molar-refractivity contribution is 6.40. The predicted molar refractivity (Wildman–Crippen MR) is 76.5 cm³/mol. The van der Waals surface area contributed by atoms with E-state index in [-0.39, 0.29) is 0 Å². The number of fused-ring (bicyclic) bond motifs is 1. The van der Waals surface area contributed by atoms with Gasteiger partial charge in [0.15, 0.2) is 0 Å². The Morgan fingerprint density at radius 2 is 1.70 bits per heavy atom. The molecule has 2 aromatic carbocycles. The number of rotatable bonds is 1. The first kappa shape index (κ1) is 12.7. The number of anilines is 1. The van der Waals surface area contributed by atoms with Gasteiger partial charge in [-0.25, -0.2) is 0 Å². The van der Waals surface area contributed by atoms with Crippen molar-refractivity contribution in [1.29, 1.82) is 0 Å². The Labute approximate surface area is 120 Å². The van der Waals surface area contributed by atoms with E-state index in [1.54, 1.807) is 18.2 Å². The third-order valence-electron chi connectivity index (χ3n) is 3.19. The maximum absolute atomic E-state index is 11.8. The quantitative estimate of drug-likeness (QED) is 0.791. The van der Waals surface area contributed by atoms with Gasteiger partial charge in [0.25, 0.3) is 0 Å². The molecule has 0 aliphatic carbocycles. The molecular weight excluding hydrogens is 276 g/mol. The number of hydrogen-bond acceptors (Lipinski definition) is 2. The molecule has 0 spiro atoms. The summed E-state index contributed by atoms with van der Waals surface area (Å²) >= 11 is 6.03. The van der Waals surface area contributed by atoms with E-state index in [2.05, 4.69) is 10.6 Å². The van der Waals surface area contributed by atoms with Crippen molar-refractivity contribution in [3.05, 3.63) is 64.7 Å². The Morgan fingerprint density at radius 1 is 0.950 bits per heavy atom. The number of hydrogen-bond donors (Lipinski definition) is 2. The molecule has 0 saturated carbocycles. The Balaban J connectivity index is 2.16. The molecule has 0 unspecified atom stereocenters. The van der Waals surface area contributed by atoms with Crippen LogP contribution in [0.5, 0.6) is 0 Å². The fourth-order valence-electron chi connectivity index (χ4n) is 2.25. The van der Waals surface area contributed by atoms with Crippen molar-refractivity contribution in [3.63, 3.8) is 0 Å². The van der Waals surface area contributed by atoms with Gasteiger partial charge in [-0.05, 0) is 23.8 Å². The van der Waals surface area contributed by atoms with Crippen LogP contribution in [0.15, 0.2) is 48.5 Å². The molecule has 1 aliphatic rings. The van der Waals surface area contributed by atoms with Crippen molar-refractivity contribution >= 4 is 29.1 Å². The molecule has 1 aliphatic heterocycles. The van der Waals surface area contributed by atoms with E-state index in [0.29, 0.717) is 10.7 Å². The molecule has 2 aromatic rings. The van der Waals surface area contributed by atoms with Crippen LogP contribution in [0.2, 0.25) is 5.02 Å². The number of halogens is 1. The van der Waals surface area contributed by atoms with Crippen molar-refractivity contribution in [2.24, 2.45) is 0 Å². The van der Waals surface area contributed by atoms with Gasteiger partial charge in [0.1, 0.15) is 0 Å². The maximum Gasteiger partial charge on any atom is 0.313 e. The lowest BCUT2D eigenvalue weighted by molar-refractivity contribution is -0.136. The van der Waals surface area contributed by atoms with Crippen LogP contribution in [0.25, 0.3) is 0 Å². The van der Waals surface area contributed by atoms with Crippen LogP contribution in [0.3, 0.4) is 0 Å². The monoisotopic (exact) mass is 286 g/mol. The summed E-state index contributed by atoms with van der Waals surface area (Å²) in [6, 6.07) is 14.2. The second-order valence-electron chi connectivity index (χ2n) is 4.50. The fourth-order valence-corrected chi connectivity index (χ4v) is 2.43. The van der Waals surface area contributed by atoms with Crippen LogP contribution in [-0.2, 0) is 9.59 Å². The van der Waals surface area contributed by atoms with Crippen molar-refractivity contribution in [2.45, 2.75) is 6.04 Å². The molecule has 3 rings (SSSR count). The van der Waals surface area contributed by atoms with Gasteiger partial charge in [0.05, 0.1) is 6.04 Å². The zero-order chi connectivity index (χ0) is 14.1. The van der Waals surface area contributed by atoms with Crippen LogP contribution in [0.4, 0.5) is 5.69 Å². The summed E-state index contributed by atoms with van der Waals surface area (Å²) in [4.78, 5) is 23.5. The molecule has 1 heterocycles. The number of nitrogens with one attached hydrogen (secondary N) is 2. The van der Waals surface area contributed by atoms with E-state index in [1.807, 2.05) is 30.3 Å². The molecule has 0 aromatic heterocycles. The lowest BCUT2D eigenvalue weighted by Gasteiger charge is -2.18. The van der Waals surface area contributed by atoms with Gasteiger partial charge >= 0.3 is 11.8 Å². The highest BCUT2D eigenvalue weighted by atomic mass is 35.5. The average molecular weight is 287 g/mol. The number of carbonyl (C=O) groups excluding carboxylic acids is 2. The summed E-state index contributed by atoms with van der Waals surface area (Å²) < 4.78 is 0. The zero-order valence-electron chi connectivity index (χ0n) is 10.4. The fraction of sp³-hybridized carbons (Fsp3) is 0.0667. The molecule has 1 atom stereocenters. The highest BCUT2D eigenvalue weighted by Gasteiger charge is 2.28.